The highest BCUT2D eigenvalue weighted by Crippen LogP contribution is 2.24. The predicted molar refractivity (Wildman–Crippen MR) is 115 cm³/mol. The summed E-state index contributed by atoms with van der Waals surface area (Å²) in [5, 5.41) is 5.59. The first-order valence-electron chi connectivity index (χ1n) is 9.84. The van der Waals surface area contributed by atoms with Crippen molar-refractivity contribution in [1.82, 2.24) is 19.2 Å². The minimum atomic E-state index is -3.53. The summed E-state index contributed by atoms with van der Waals surface area (Å²) in [5.41, 5.74) is 1.66. The smallest absolute Gasteiger partial charge is 0.243 e. The summed E-state index contributed by atoms with van der Waals surface area (Å²) >= 11 is 1.73. The van der Waals surface area contributed by atoms with Crippen LogP contribution in [0.3, 0.4) is 0 Å². The zero-order valence-corrected chi connectivity index (χ0v) is 18.3. The first-order chi connectivity index (χ1) is 14.0. The van der Waals surface area contributed by atoms with E-state index in [-0.39, 0.29) is 6.04 Å². The summed E-state index contributed by atoms with van der Waals surface area (Å²) in [5.74, 6) is 0.909. The molecule has 1 saturated heterocycles. The van der Waals surface area contributed by atoms with E-state index in [1.165, 1.54) is 9.18 Å². The molecule has 1 unspecified atom stereocenters. The fraction of sp³-hybridized carbons (Fsp3) is 0.450. The highest BCUT2D eigenvalue weighted by molar-refractivity contribution is 7.89. The normalized spacial score (nSPS) is 17.0. The molecule has 1 fully saturated rings. The molecular formula is C20H26N4O3S2. The third-order valence-corrected chi connectivity index (χ3v) is 8.21. The number of aryl methyl sites for hydroxylation is 1. The lowest BCUT2D eigenvalue weighted by molar-refractivity contribution is 0.0730. The van der Waals surface area contributed by atoms with Crippen molar-refractivity contribution in [2.45, 2.75) is 37.9 Å². The van der Waals surface area contributed by atoms with E-state index in [4.69, 9.17) is 9.72 Å². The molecule has 0 aliphatic carbocycles. The molecule has 3 heterocycles. The molecule has 0 bridgehead atoms. The topological polar surface area (TPSA) is 76.5 Å². The molecule has 0 spiro atoms. The lowest BCUT2D eigenvalue weighted by atomic mass is 10.3. The van der Waals surface area contributed by atoms with E-state index in [0.717, 1.165) is 17.9 Å². The quantitative estimate of drug-likeness (QED) is 0.619. The largest absolute Gasteiger partial charge is 0.379 e. The number of fused-ring (bicyclic) bond motifs is 1. The number of benzene rings is 1. The molecule has 4 rings (SSSR count). The van der Waals surface area contributed by atoms with Gasteiger partial charge in [0.15, 0.2) is 0 Å². The molecule has 1 aliphatic rings. The van der Waals surface area contributed by atoms with E-state index in [1.807, 2.05) is 6.07 Å². The van der Waals surface area contributed by atoms with Crippen LogP contribution in [0.1, 0.15) is 30.6 Å². The average molecular weight is 435 g/mol. The molecule has 7 nitrogen and oxygen atoms in total. The maximum absolute atomic E-state index is 13.0. The Morgan fingerprint density at radius 2 is 2.07 bits per heavy atom. The molecule has 29 heavy (non-hydrogen) atoms. The van der Waals surface area contributed by atoms with Gasteiger partial charge >= 0.3 is 0 Å². The zero-order valence-electron chi connectivity index (χ0n) is 16.7. The summed E-state index contributed by atoms with van der Waals surface area (Å²) in [6.07, 6.45) is 0. The lowest BCUT2D eigenvalue weighted by Gasteiger charge is -2.26. The standard InChI is InChI=1S/C20H26N4O3S2/c1-3-24-18-7-6-16(29(25,26)23-8-10-27-11-9-23)13-17(18)22-20(24)14-21-15(2)19-5-4-12-28-19/h4-7,12-13,15,21H,3,8-11,14H2,1-2H3. The third kappa shape index (κ3) is 4.10. The predicted octanol–water partition coefficient (Wildman–Crippen LogP) is 2.99. The molecule has 1 aromatic carbocycles. The van der Waals surface area contributed by atoms with Gasteiger partial charge in [-0.15, -0.1) is 11.3 Å². The number of nitrogens with zero attached hydrogens (tertiary/aromatic N) is 3. The third-order valence-electron chi connectivity index (χ3n) is 5.26. The Hall–Kier alpha value is -1.78. The molecular weight excluding hydrogens is 408 g/mol. The van der Waals surface area contributed by atoms with E-state index in [0.29, 0.717) is 43.3 Å². The van der Waals surface area contributed by atoms with Gasteiger partial charge in [-0.05, 0) is 43.5 Å². The van der Waals surface area contributed by atoms with E-state index >= 15 is 0 Å². The summed E-state index contributed by atoms with van der Waals surface area (Å²) < 4.78 is 34.8. The van der Waals surface area contributed by atoms with Gasteiger partial charge < -0.3 is 14.6 Å². The van der Waals surface area contributed by atoms with E-state index in [1.54, 1.807) is 23.5 Å². The Morgan fingerprint density at radius 3 is 2.76 bits per heavy atom. The van der Waals surface area contributed by atoms with Crippen molar-refractivity contribution in [3.8, 4) is 0 Å². The fourth-order valence-electron chi connectivity index (χ4n) is 3.63. The SMILES string of the molecule is CCn1c(CNC(C)c2cccs2)nc2cc(S(=O)(=O)N3CCOCC3)ccc21. The molecule has 0 saturated carbocycles. The Morgan fingerprint density at radius 1 is 1.28 bits per heavy atom. The first-order valence-corrected chi connectivity index (χ1v) is 12.2. The van der Waals surface area contributed by atoms with Crippen LogP contribution < -0.4 is 5.32 Å². The number of rotatable bonds is 7. The monoisotopic (exact) mass is 434 g/mol. The number of morpholine rings is 1. The Balaban J connectivity index is 1.60. The second-order valence-corrected chi connectivity index (χ2v) is 9.97. The maximum atomic E-state index is 13.0. The molecule has 2 aromatic heterocycles. The number of imidazole rings is 1. The van der Waals surface area contributed by atoms with Crippen LogP contribution in [0, 0.1) is 0 Å². The van der Waals surface area contributed by atoms with Crippen molar-refractivity contribution in [3.05, 3.63) is 46.4 Å². The molecule has 1 N–H and O–H groups in total. The average Bonchev–Trinajstić information content (AvgIpc) is 3.39. The molecule has 1 atom stereocenters. The van der Waals surface area contributed by atoms with Gasteiger partial charge in [-0.2, -0.15) is 4.31 Å². The van der Waals surface area contributed by atoms with Crippen molar-refractivity contribution < 1.29 is 13.2 Å². The number of nitrogens with one attached hydrogen (secondary N) is 1. The van der Waals surface area contributed by atoms with Crippen molar-refractivity contribution >= 4 is 32.4 Å². The van der Waals surface area contributed by atoms with Crippen LogP contribution in [0.4, 0.5) is 0 Å². The second-order valence-electron chi connectivity index (χ2n) is 7.06. The highest BCUT2D eigenvalue weighted by atomic mass is 32.2. The highest BCUT2D eigenvalue weighted by Gasteiger charge is 2.27. The van der Waals surface area contributed by atoms with E-state index in [9.17, 15) is 8.42 Å². The van der Waals surface area contributed by atoms with Gasteiger partial charge in [0.2, 0.25) is 10.0 Å². The van der Waals surface area contributed by atoms with Crippen LogP contribution in [0.15, 0.2) is 40.6 Å². The molecule has 9 heteroatoms. The van der Waals surface area contributed by atoms with Gasteiger partial charge in [0.1, 0.15) is 5.82 Å². The Labute approximate surface area is 175 Å². The van der Waals surface area contributed by atoms with Crippen molar-refractivity contribution in [2.75, 3.05) is 26.3 Å². The van der Waals surface area contributed by atoms with Crippen LogP contribution in [-0.2, 0) is 27.8 Å². The fourth-order valence-corrected chi connectivity index (χ4v) is 5.81. The van der Waals surface area contributed by atoms with Gasteiger partial charge in [0.05, 0.1) is 35.7 Å². The second kappa shape index (κ2) is 8.53. The molecule has 3 aromatic rings. The molecule has 0 radical (unpaired) electrons. The van der Waals surface area contributed by atoms with Crippen LogP contribution in [0.2, 0.25) is 0 Å². The van der Waals surface area contributed by atoms with Gasteiger partial charge in [0, 0.05) is 30.6 Å². The zero-order chi connectivity index (χ0) is 20.4. The van der Waals surface area contributed by atoms with Crippen molar-refractivity contribution in [1.29, 1.82) is 0 Å². The van der Waals surface area contributed by atoms with E-state index in [2.05, 4.69) is 41.2 Å². The number of hydrogen-bond acceptors (Lipinski definition) is 6. The Kier molecular flexibility index (Phi) is 6.03. The molecule has 1 aliphatic heterocycles. The van der Waals surface area contributed by atoms with Crippen molar-refractivity contribution in [3.63, 3.8) is 0 Å². The number of thiophene rings is 1. The first kappa shape index (κ1) is 20.5. The van der Waals surface area contributed by atoms with Gasteiger partial charge in [0.25, 0.3) is 0 Å². The van der Waals surface area contributed by atoms with Crippen LogP contribution in [-0.4, -0.2) is 48.6 Å². The van der Waals surface area contributed by atoms with Crippen LogP contribution in [0.5, 0.6) is 0 Å². The molecule has 0 amide bonds. The number of sulfonamides is 1. The van der Waals surface area contributed by atoms with Crippen molar-refractivity contribution in [2.24, 2.45) is 0 Å². The summed E-state index contributed by atoms with van der Waals surface area (Å²) in [7, 11) is -3.53. The number of hydrogen-bond donors (Lipinski definition) is 1. The number of aromatic nitrogens is 2. The number of ether oxygens (including phenoxy) is 1. The minimum absolute atomic E-state index is 0.234. The Bertz CT molecular complexity index is 1070. The summed E-state index contributed by atoms with van der Waals surface area (Å²) in [6.45, 7) is 7.25. The van der Waals surface area contributed by atoms with Gasteiger partial charge in [-0.3, -0.25) is 0 Å². The van der Waals surface area contributed by atoms with Crippen LogP contribution in [0.25, 0.3) is 11.0 Å². The summed E-state index contributed by atoms with van der Waals surface area (Å²) in [4.78, 5) is 6.32. The van der Waals surface area contributed by atoms with Gasteiger partial charge in [-0.25, -0.2) is 13.4 Å². The van der Waals surface area contributed by atoms with E-state index < -0.39 is 10.0 Å². The summed E-state index contributed by atoms with van der Waals surface area (Å²) in [6, 6.07) is 9.65. The van der Waals surface area contributed by atoms with Crippen LogP contribution >= 0.6 is 11.3 Å². The maximum Gasteiger partial charge on any atom is 0.243 e. The van der Waals surface area contributed by atoms with Gasteiger partial charge in [-0.1, -0.05) is 6.07 Å². The minimum Gasteiger partial charge on any atom is -0.379 e. The lowest BCUT2D eigenvalue weighted by Crippen LogP contribution is -2.40. The molecule has 156 valence electrons.